The van der Waals surface area contributed by atoms with Crippen molar-refractivity contribution in [2.45, 2.75) is 38.1 Å². The summed E-state index contributed by atoms with van der Waals surface area (Å²) in [6, 6.07) is 6.22. The van der Waals surface area contributed by atoms with E-state index in [0.717, 1.165) is 10.5 Å². The molecule has 0 heterocycles. The molecule has 0 aliphatic heterocycles. The number of hydrogen-bond acceptors (Lipinski definition) is 4. The van der Waals surface area contributed by atoms with Crippen LogP contribution in [0.4, 0.5) is 4.79 Å². The van der Waals surface area contributed by atoms with Gasteiger partial charge in [-0.05, 0) is 25.0 Å². The van der Waals surface area contributed by atoms with Gasteiger partial charge in [0.25, 0.3) is 5.91 Å². The quantitative estimate of drug-likeness (QED) is 0.438. The zero-order chi connectivity index (χ0) is 18.1. The fraction of sp³-hybridized carbons (Fsp3) is 0.438. The van der Waals surface area contributed by atoms with Crippen LogP contribution >= 0.6 is 11.8 Å². The van der Waals surface area contributed by atoms with Gasteiger partial charge in [-0.25, -0.2) is 4.79 Å². The number of aryl methyl sites for hydroxylation is 1. The standard InChI is InChI=1S/C16H24N4O3S/c1-4-11(3)14(18-16(17)23)15(22)20-19-13(21)9-24-12-7-5-10(2)6-8-12/h5-8,11,14H,4,9H2,1-3H3,(H,19,21)(H,20,22)(H3,17,18,23). The molecule has 0 saturated heterocycles. The Morgan fingerprint density at radius 2 is 1.79 bits per heavy atom. The third-order valence-corrected chi connectivity index (χ3v) is 4.52. The maximum Gasteiger partial charge on any atom is 0.312 e. The van der Waals surface area contributed by atoms with Gasteiger partial charge >= 0.3 is 6.03 Å². The summed E-state index contributed by atoms with van der Waals surface area (Å²) >= 11 is 1.37. The van der Waals surface area contributed by atoms with Gasteiger partial charge in [0.05, 0.1) is 5.75 Å². The first-order valence-electron chi connectivity index (χ1n) is 7.67. The van der Waals surface area contributed by atoms with E-state index in [-0.39, 0.29) is 17.6 Å². The van der Waals surface area contributed by atoms with Crippen molar-refractivity contribution in [3.63, 3.8) is 0 Å². The fourth-order valence-corrected chi connectivity index (χ4v) is 2.58. The first-order chi connectivity index (χ1) is 11.3. The molecule has 1 aromatic carbocycles. The van der Waals surface area contributed by atoms with Crippen LogP contribution in [-0.2, 0) is 9.59 Å². The van der Waals surface area contributed by atoms with E-state index in [1.54, 1.807) is 0 Å². The first-order valence-corrected chi connectivity index (χ1v) is 8.66. The molecular weight excluding hydrogens is 328 g/mol. The average Bonchev–Trinajstić information content (AvgIpc) is 2.56. The third kappa shape index (κ3) is 6.91. The Morgan fingerprint density at radius 3 is 2.33 bits per heavy atom. The summed E-state index contributed by atoms with van der Waals surface area (Å²) in [6.07, 6.45) is 0.676. The Kier molecular flexibility index (Phi) is 8.11. The summed E-state index contributed by atoms with van der Waals surface area (Å²) in [6.45, 7) is 5.70. The van der Waals surface area contributed by atoms with E-state index >= 15 is 0 Å². The summed E-state index contributed by atoms with van der Waals surface area (Å²) in [4.78, 5) is 35.9. The number of rotatable bonds is 7. The highest BCUT2D eigenvalue weighted by molar-refractivity contribution is 8.00. The van der Waals surface area contributed by atoms with Crippen LogP contribution in [-0.4, -0.2) is 29.6 Å². The van der Waals surface area contributed by atoms with Crippen molar-refractivity contribution in [3.8, 4) is 0 Å². The van der Waals surface area contributed by atoms with E-state index in [1.165, 1.54) is 11.8 Å². The SMILES string of the molecule is CCC(C)C(NC(N)=O)C(=O)NNC(=O)CSc1ccc(C)cc1. The Bertz CT molecular complexity index is 577. The number of thioether (sulfide) groups is 1. The number of benzene rings is 1. The second-order valence-electron chi connectivity index (χ2n) is 5.51. The van der Waals surface area contributed by atoms with Gasteiger partial charge in [-0.3, -0.25) is 20.4 Å². The van der Waals surface area contributed by atoms with Crippen LogP contribution in [0.25, 0.3) is 0 Å². The number of primary amides is 1. The normalized spacial score (nSPS) is 12.8. The summed E-state index contributed by atoms with van der Waals surface area (Å²) < 4.78 is 0. The van der Waals surface area contributed by atoms with Crippen LogP contribution in [0, 0.1) is 12.8 Å². The lowest BCUT2D eigenvalue weighted by Gasteiger charge is -2.22. The highest BCUT2D eigenvalue weighted by Gasteiger charge is 2.25. The summed E-state index contributed by atoms with van der Waals surface area (Å²) in [7, 11) is 0. The molecule has 7 nitrogen and oxygen atoms in total. The average molecular weight is 352 g/mol. The van der Waals surface area contributed by atoms with E-state index < -0.39 is 18.0 Å². The number of urea groups is 1. The van der Waals surface area contributed by atoms with Gasteiger partial charge in [0.15, 0.2) is 0 Å². The minimum atomic E-state index is -0.794. The van der Waals surface area contributed by atoms with Crippen molar-refractivity contribution in [1.82, 2.24) is 16.2 Å². The van der Waals surface area contributed by atoms with Gasteiger partial charge in [0, 0.05) is 4.90 Å². The van der Waals surface area contributed by atoms with Gasteiger partial charge in [0.2, 0.25) is 5.91 Å². The lowest BCUT2D eigenvalue weighted by Crippen LogP contribution is -2.55. The number of amides is 4. The zero-order valence-electron chi connectivity index (χ0n) is 14.1. The fourth-order valence-electron chi connectivity index (χ4n) is 1.88. The van der Waals surface area contributed by atoms with Crippen LogP contribution in [0.15, 0.2) is 29.2 Å². The third-order valence-electron chi connectivity index (χ3n) is 3.51. The summed E-state index contributed by atoms with van der Waals surface area (Å²) in [5.41, 5.74) is 10.9. The maximum absolute atomic E-state index is 12.1. The van der Waals surface area contributed by atoms with Crippen LogP contribution in [0.1, 0.15) is 25.8 Å². The van der Waals surface area contributed by atoms with Gasteiger partial charge in [-0.15, -0.1) is 11.8 Å². The molecule has 1 aromatic rings. The molecule has 0 radical (unpaired) electrons. The van der Waals surface area contributed by atoms with Crippen LogP contribution in [0.5, 0.6) is 0 Å². The molecule has 0 saturated carbocycles. The van der Waals surface area contributed by atoms with Crippen molar-refractivity contribution in [2.24, 2.45) is 11.7 Å². The predicted molar refractivity (Wildman–Crippen MR) is 94.2 cm³/mol. The number of hydrogen-bond donors (Lipinski definition) is 4. The van der Waals surface area contributed by atoms with Crippen LogP contribution in [0.3, 0.4) is 0 Å². The van der Waals surface area contributed by atoms with E-state index in [2.05, 4.69) is 16.2 Å². The monoisotopic (exact) mass is 352 g/mol. The molecule has 2 atom stereocenters. The topological polar surface area (TPSA) is 113 Å². The Morgan fingerprint density at radius 1 is 1.17 bits per heavy atom. The second kappa shape index (κ2) is 9.82. The molecule has 2 unspecified atom stereocenters. The lowest BCUT2D eigenvalue weighted by atomic mass is 9.99. The molecule has 4 amide bonds. The van der Waals surface area contributed by atoms with E-state index in [1.807, 2.05) is 45.0 Å². The van der Waals surface area contributed by atoms with Crippen molar-refractivity contribution in [2.75, 3.05) is 5.75 Å². The predicted octanol–water partition coefficient (Wildman–Crippen LogP) is 1.32. The van der Waals surface area contributed by atoms with Gasteiger partial charge in [-0.1, -0.05) is 38.0 Å². The highest BCUT2D eigenvalue weighted by Crippen LogP contribution is 2.17. The van der Waals surface area contributed by atoms with E-state index in [0.29, 0.717) is 6.42 Å². The number of carbonyl (C=O) groups excluding carboxylic acids is 3. The van der Waals surface area contributed by atoms with Gasteiger partial charge in [-0.2, -0.15) is 0 Å². The van der Waals surface area contributed by atoms with Gasteiger partial charge in [0.1, 0.15) is 6.04 Å². The second-order valence-corrected chi connectivity index (χ2v) is 6.56. The summed E-state index contributed by atoms with van der Waals surface area (Å²) in [5, 5.41) is 2.39. The molecule has 0 fully saturated rings. The molecule has 132 valence electrons. The molecule has 1 rings (SSSR count). The van der Waals surface area contributed by atoms with Crippen molar-refractivity contribution < 1.29 is 14.4 Å². The van der Waals surface area contributed by atoms with Crippen molar-refractivity contribution >= 4 is 29.6 Å². The lowest BCUT2D eigenvalue weighted by molar-refractivity contribution is -0.129. The Labute approximate surface area is 146 Å². The number of hydrazine groups is 1. The number of carbonyl (C=O) groups is 3. The highest BCUT2D eigenvalue weighted by atomic mass is 32.2. The van der Waals surface area contributed by atoms with Crippen molar-refractivity contribution in [3.05, 3.63) is 29.8 Å². The van der Waals surface area contributed by atoms with Gasteiger partial charge < -0.3 is 11.1 Å². The smallest absolute Gasteiger partial charge is 0.312 e. The molecule has 5 N–H and O–H groups in total. The minimum Gasteiger partial charge on any atom is -0.352 e. The largest absolute Gasteiger partial charge is 0.352 e. The minimum absolute atomic E-state index is 0.115. The van der Waals surface area contributed by atoms with Crippen LogP contribution < -0.4 is 21.9 Å². The van der Waals surface area contributed by atoms with Crippen molar-refractivity contribution in [1.29, 1.82) is 0 Å². The Hall–Kier alpha value is -2.22. The molecule has 0 bridgehead atoms. The molecule has 0 spiro atoms. The van der Waals surface area contributed by atoms with E-state index in [9.17, 15) is 14.4 Å². The van der Waals surface area contributed by atoms with E-state index in [4.69, 9.17) is 5.73 Å². The molecular formula is C16H24N4O3S. The molecule has 8 heteroatoms. The number of nitrogens with one attached hydrogen (secondary N) is 3. The number of nitrogens with two attached hydrogens (primary N) is 1. The zero-order valence-corrected chi connectivity index (χ0v) is 14.9. The maximum atomic E-state index is 12.1. The molecule has 24 heavy (non-hydrogen) atoms. The van der Waals surface area contributed by atoms with Crippen LogP contribution in [0.2, 0.25) is 0 Å². The first kappa shape index (κ1) is 19.8. The summed E-state index contributed by atoms with van der Waals surface area (Å²) in [5.74, 6) is -0.787. The molecule has 0 aromatic heterocycles. The molecule has 0 aliphatic carbocycles. The molecule has 0 aliphatic rings. The Balaban J connectivity index is 2.44.